The van der Waals surface area contributed by atoms with Crippen LogP contribution in [0.5, 0.6) is 0 Å². The number of aromatic nitrogens is 1. The van der Waals surface area contributed by atoms with Crippen molar-refractivity contribution in [3.63, 3.8) is 0 Å². The van der Waals surface area contributed by atoms with Gasteiger partial charge in [-0.25, -0.2) is 9.37 Å². The highest BCUT2D eigenvalue weighted by atomic mass is 19.1. The number of hydrogen-bond acceptors (Lipinski definition) is 4. The summed E-state index contributed by atoms with van der Waals surface area (Å²) >= 11 is 0. The van der Waals surface area contributed by atoms with Gasteiger partial charge in [-0.1, -0.05) is 0 Å². The summed E-state index contributed by atoms with van der Waals surface area (Å²) in [5.41, 5.74) is 6.69. The van der Waals surface area contributed by atoms with Gasteiger partial charge in [0, 0.05) is 24.8 Å². The van der Waals surface area contributed by atoms with Gasteiger partial charge in [-0.15, -0.1) is 0 Å². The molecule has 2 rings (SSSR count). The molecule has 1 amide bonds. The van der Waals surface area contributed by atoms with Gasteiger partial charge in [0.2, 0.25) is 0 Å². The van der Waals surface area contributed by atoms with E-state index in [0.717, 1.165) is 0 Å². The lowest BCUT2D eigenvalue weighted by Gasteiger charge is -2.09. The first-order valence-electron chi connectivity index (χ1n) is 6.15. The molecule has 5 nitrogen and oxygen atoms in total. The zero-order chi connectivity index (χ0) is 14.4. The van der Waals surface area contributed by atoms with E-state index < -0.39 is 0 Å². The highest BCUT2D eigenvalue weighted by molar-refractivity contribution is 5.94. The van der Waals surface area contributed by atoms with Gasteiger partial charge in [-0.2, -0.15) is 0 Å². The minimum absolute atomic E-state index is 0.249. The lowest BCUT2D eigenvalue weighted by molar-refractivity contribution is 0.0955. The molecule has 0 radical (unpaired) electrons. The maximum Gasteiger partial charge on any atom is 0.251 e. The Labute approximate surface area is 116 Å². The van der Waals surface area contributed by atoms with E-state index in [9.17, 15) is 9.18 Å². The number of halogens is 1. The van der Waals surface area contributed by atoms with Gasteiger partial charge >= 0.3 is 0 Å². The molecule has 0 aliphatic rings. The Morgan fingerprint density at radius 1 is 1.20 bits per heavy atom. The summed E-state index contributed by atoms with van der Waals surface area (Å²) in [6, 6.07) is 8.87. The van der Waals surface area contributed by atoms with Crippen LogP contribution in [0.25, 0.3) is 0 Å². The van der Waals surface area contributed by atoms with Gasteiger partial charge in [0.15, 0.2) is 0 Å². The lowest BCUT2D eigenvalue weighted by atomic mass is 10.2. The Hall–Kier alpha value is -2.63. The number of nitrogen functional groups attached to an aromatic ring is 1. The molecule has 20 heavy (non-hydrogen) atoms. The first kappa shape index (κ1) is 13.8. The van der Waals surface area contributed by atoms with Gasteiger partial charge in [-0.05, 0) is 36.4 Å². The number of nitrogens with two attached hydrogens (primary N) is 1. The minimum Gasteiger partial charge on any atom is -0.396 e. The molecule has 0 saturated carbocycles. The Balaban J connectivity index is 1.77. The molecule has 1 aromatic heterocycles. The van der Waals surface area contributed by atoms with Crippen molar-refractivity contribution in [2.45, 2.75) is 0 Å². The van der Waals surface area contributed by atoms with Crippen molar-refractivity contribution in [2.75, 3.05) is 24.1 Å². The summed E-state index contributed by atoms with van der Waals surface area (Å²) in [6.07, 6.45) is 1.63. The smallest absolute Gasteiger partial charge is 0.251 e. The minimum atomic E-state index is -0.367. The Kier molecular flexibility index (Phi) is 4.49. The SMILES string of the molecule is Nc1cccnc1NCCNC(=O)c1ccc(F)cc1. The molecular weight excluding hydrogens is 259 g/mol. The number of anilines is 2. The van der Waals surface area contributed by atoms with Crippen LogP contribution in [-0.4, -0.2) is 24.0 Å². The van der Waals surface area contributed by atoms with Crippen LogP contribution in [0.15, 0.2) is 42.6 Å². The van der Waals surface area contributed by atoms with Crippen LogP contribution in [0.3, 0.4) is 0 Å². The number of hydrogen-bond donors (Lipinski definition) is 3. The second-order valence-corrected chi connectivity index (χ2v) is 4.13. The summed E-state index contributed by atoms with van der Waals surface area (Å²) in [7, 11) is 0. The van der Waals surface area contributed by atoms with Gasteiger partial charge in [0.25, 0.3) is 5.91 Å². The third-order valence-corrected chi connectivity index (χ3v) is 2.65. The Morgan fingerprint density at radius 2 is 1.95 bits per heavy atom. The van der Waals surface area contributed by atoms with Crippen molar-refractivity contribution in [3.8, 4) is 0 Å². The number of carbonyl (C=O) groups excluding carboxylic acids is 1. The largest absolute Gasteiger partial charge is 0.396 e. The fourth-order valence-electron chi connectivity index (χ4n) is 1.63. The van der Waals surface area contributed by atoms with Gasteiger partial charge in [0.1, 0.15) is 11.6 Å². The van der Waals surface area contributed by atoms with Crippen LogP contribution >= 0.6 is 0 Å². The molecule has 1 aromatic carbocycles. The van der Waals surface area contributed by atoms with Gasteiger partial charge in [-0.3, -0.25) is 4.79 Å². The number of benzene rings is 1. The van der Waals surface area contributed by atoms with Crippen LogP contribution in [0.2, 0.25) is 0 Å². The van der Waals surface area contributed by atoms with Crippen molar-refractivity contribution < 1.29 is 9.18 Å². The number of rotatable bonds is 5. The topological polar surface area (TPSA) is 80.0 Å². The number of amides is 1. The molecule has 0 atom stereocenters. The third-order valence-electron chi connectivity index (χ3n) is 2.65. The molecule has 0 bridgehead atoms. The average Bonchev–Trinajstić information content (AvgIpc) is 2.46. The summed E-state index contributed by atoms with van der Waals surface area (Å²) < 4.78 is 12.7. The fourth-order valence-corrected chi connectivity index (χ4v) is 1.63. The summed E-state index contributed by atoms with van der Waals surface area (Å²) in [5.74, 6) is -0.0295. The molecule has 104 valence electrons. The zero-order valence-corrected chi connectivity index (χ0v) is 10.8. The number of nitrogens with one attached hydrogen (secondary N) is 2. The second kappa shape index (κ2) is 6.51. The molecule has 4 N–H and O–H groups in total. The monoisotopic (exact) mass is 274 g/mol. The molecule has 2 aromatic rings. The van der Waals surface area contributed by atoms with E-state index in [4.69, 9.17) is 5.73 Å². The summed E-state index contributed by atoms with van der Waals surface area (Å²) in [4.78, 5) is 15.8. The van der Waals surface area contributed by atoms with Gasteiger partial charge in [0.05, 0.1) is 5.69 Å². The molecule has 0 saturated heterocycles. The third kappa shape index (κ3) is 3.68. The molecular formula is C14H15FN4O. The molecule has 0 aliphatic heterocycles. The van der Waals surface area contributed by atoms with Crippen LogP contribution in [0.1, 0.15) is 10.4 Å². The van der Waals surface area contributed by atoms with E-state index in [2.05, 4.69) is 15.6 Å². The number of nitrogens with zero attached hydrogens (tertiary/aromatic N) is 1. The molecule has 0 fully saturated rings. The van der Waals surface area contributed by atoms with Crippen LogP contribution in [0, 0.1) is 5.82 Å². The van der Waals surface area contributed by atoms with Crippen molar-refractivity contribution in [2.24, 2.45) is 0 Å². The maximum atomic E-state index is 12.7. The van der Waals surface area contributed by atoms with E-state index in [0.29, 0.717) is 30.2 Å². The first-order chi connectivity index (χ1) is 9.66. The summed E-state index contributed by atoms with van der Waals surface area (Å²) in [5, 5.41) is 5.73. The Bertz CT molecular complexity index is 586. The maximum absolute atomic E-state index is 12.7. The zero-order valence-electron chi connectivity index (χ0n) is 10.8. The standard InChI is InChI=1S/C14H15FN4O/c15-11-5-3-10(4-6-11)14(20)19-9-8-18-13-12(16)2-1-7-17-13/h1-7H,8-9,16H2,(H,17,18)(H,19,20). The Morgan fingerprint density at radius 3 is 2.65 bits per heavy atom. The van der Waals surface area contributed by atoms with Crippen molar-refractivity contribution >= 4 is 17.4 Å². The van der Waals surface area contributed by atoms with Gasteiger partial charge < -0.3 is 16.4 Å². The van der Waals surface area contributed by atoms with Crippen LogP contribution < -0.4 is 16.4 Å². The first-order valence-corrected chi connectivity index (χ1v) is 6.15. The molecule has 0 spiro atoms. The van der Waals surface area contributed by atoms with Crippen molar-refractivity contribution in [1.82, 2.24) is 10.3 Å². The van der Waals surface area contributed by atoms with Crippen molar-refractivity contribution in [3.05, 3.63) is 54.0 Å². The highest BCUT2D eigenvalue weighted by Gasteiger charge is 2.04. The number of pyridine rings is 1. The molecule has 1 heterocycles. The van der Waals surface area contributed by atoms with E-state index in [-0.39, 0.29) is 11.7 Å². The number of carbonyl (C=O) groups is 1. The lowest BCUT2D eigenvalue weighted by Crippen LogP contribution is -2.29. The normalized spacial score (nSPS) is 10.1. The van der Waals surface area contributed by atoms with E-state index in [1.54, 1.807) is 18.3 Å². The molecule has 0 aliphatic carbocycles. The van der Waals surface area contributed by atoms with E-state index in [1.807, 2.05) is 0 Å². The molecule has 0 unspecified atom stereocenters. The second-order valence-electron chi connectivity index (χ2n) is 4.13. The van der Waals surface area contributed by atoms with Crippen LogP contribution in [-0.2, 0) is 0 Å². The summed E-state index contributed by atoms with van der Waals surface area (Å²) in [6.45, 7) is 0.903. The van der Waals surface area contributed by atoms with E-state index >= 15 is 0 Å². The fraction of sp³-hybridized carbons (Fsp3) is 0.143. The quantitative estimate of drug-likeness (QED) is 0.724. The molecule has 6 heteroatoms. The highest BCUT2D eigenvalue weighted by Crippen LogP contribution is 2.11. The van der Waals surface area contributed by atoms with E-state index in [1.165, 1.54) is 24.3 Å². The van der Waals surface area contributed by atoms with Crippen molar-refractivity contribution in [1.29, 1.82) is 0 Å². The average molecular weight is 274 g/mol. The predicted molar refractivity (Wildman–Crippen MR) is 75.9 cm³/mol. The van der Waals surface area contributed by atoms with Crippen LogP contribution in [0.4, 0.5) is 15.9 Å². The predicted octanol–water partition coefficient (Wildman–Crippen LogP) is 1.64.